The van der Waals surface area contributed by atoms with Crippen molar-refractivity contribution in [1.82, 2.24) is 0 Å². The van der Waals surface area contributed by atoms with Crippen LogP contribution in [0.1, 0.15) is 52.9 Å². The Morgan fingerprint density at radius 1 is 1.20 bits per heavy atom. The molecule has 15 heavy (non-hydrogen) atoms. The Hall–Kier alpha value is -0.790. The fourth-order valence-electron chi connectivity index (χ4n) is 1.78. The van der Waals surface area contributed by atoms with Crippen molar-refractivity contribution >= 4 is 5.97 Å². The molecular weight excluding hydrogens is 188 g/mol. The summed E-state index contributed by atoms with van der Waals surface area (Å²) in [5, 5.41) is 0. The number of carbonyl (C=O) groups is 1. The maximum absolute atomic E-state index is 11.8. The second-order valence-electron chi connectivity index (χ2n) is 5.21. The Morgan fingerprint density at radius 3 is 2.53 bits per heavy atom. The van der Waals surface area contributed by atoms with Crippen molar-refractivity contribution in [2.24, 2.45) is 5.92 Å². The van der Waals surface area contributed by atoms with E-state index >= 15 is 0 Å². The summed E-state index contributed by atoms with van der Waals surface area (Å²) in [5.41, 5.74) is -0.352. The average Bonchev–Trinajstić information content (AvgIpc) is 1.98. The lowest BCUT2D eigenvalue weighted by atomic mass is 9.94. The van der Waals surface area contributed by atoms with Gasteiger partial charge in [0.15, 0.2) is 0 Å². The monoisotopic (exact) mass is 210 g/mol. The van der Waals surface area contributed by atoms with E-state index in [1.165, 1.54) is 0 Å². The Bertz CT molecular complexity index is 235. The number of allylic oxidation sites excluding steroid dienone is 2. The van der Waals surface area contributed by atoms with Crippen molar-refractivity contribution in [3.05, 3.63) is 12.2 Å². The van der Waals surface area contributed by atoms with Gasteiger partial charge in [-0.25, -0.2) is 0 Å². The van der Waals surface area contributed by atoms with Crippen LogP contribution in [0.25, 0.3) is 0 Å². The maximum Gasteiger partial charge on any atom is 0.309 e. The molecule has 0 spiro atoms. The molecule has 1 rings (SSSR count). The highest BCUT2D eigenvalue weighted by Crippen LogP contribution is 2.22. The van der Waals surface area contributed by atoms with Crippen LogP contribution in [0.5, 0.6) is 0 Å². The third kappa shape index (κ3) is 5.01. The largest absolute Gasteiger partial charge is 0.460 e. The van der Waals surface area contributed by atoms with Gasteiger partial charge in [0.2, 0.25) is 0 Å². The van der Waals surface area contributed by atoms with E-state index in [0.717, 1.165) is 32.1 Å². The van der Waals surface area contributed by atoms with Gasteiger partial charge in [0, 0.05) is 0 Å². The van der Waals surface area contributed by atoms with Crippen LogP contribution in [0.4, 0.5) is 0 Å². The molecule has 0 aromatic rings. The van der Waals surface area contributed by atoms with Crippen molar-refractivity contribution in [2.75, 3.05) is 0 Å². The van der Waals surface area contributed by atoms with Crippen molar-refractivity contribution < 1.29 is 9.53 Å². The molecule has 0 aliphatic heterocycles. The first-order valence-corrected chi connectivity index (χ1v) is 5.87. The SMILES string of the molecule is CC(C)(C)OC(=O)C1CC/C=C\CCC1. The standard InChI is InChI=1S/C13H22O2/c1-13(2,3)15-12(14)11-9-7-5-4-6-8-10-11/h4-5,11H,6-10H2,1-3H3/b5-4-. The van der Waals surface area contributed by atoms with Gasteiger partial charge in [-0.05, 0) is 52.9 Å². The number of hydrogen-bond acceptors (Lipinski definition) is 2. The highest BCUT2D eigenvalue weighted by molar-refractivity contribution is 5.72. The zero-order valence-corrected chi connectivity index (χ0v) is 10.1. The Morgan fingerprint density at radius 2 is 1.87 bits per heavy atom. The molecule has 0 saturated carbocycles. The van der Waals surface area contributed by atoms with E-state index in [9.17, 15) is 4.79 Å². The summed E-state index contributed by atoms with van der Waals surface area (Å²) >= 11 is 0. The highest BCUT2D eigenvalue weighted by Gasteiger charge is 2.24. The van der Waals surface area contributed by atoms with E-state index < -0.39 is 0 Å². The number of rotatable bonds is 1. The average molecular weight is 210 g/mol. The van der Waals surface area contributed by atoms with Crippen molar-refractivity contribution in [1.29, 1.82) is 0 Å². The van der Waals surface area contributed by atoms with Gasteiger partial charge in [0.05, 0.1) is 5.92 Å². The van der Waals surface area contributed by atoms with Crippen LogP contribution in [0.15, 0.2) is 12.2 Å². The molecule has 0 fully saturated rings. The zero-order valence-electron chi connectivity index (χ0n) is 10.1. The van der Waals surface area contributed by atoms with Gasteiger partial charge >= 0.3 is 5.97 Å². The minimum absolute atomic E-state index is 0.0159. The molecule has 1 aliphatic carbocycles. The summed E-state index contributed by atoms with van der Waals surface area (Å²) in [6, 6.07) is 0. The molecule has 0 saturated heterocycles. The summed E-state index contributed by atoms with van der Waals surface area (Å²) in [6.45, 7) is 5.77. The first-order chi connectivity index (χ1) is 6.99. The van der Waals surface area contributed by atoms with Crippen LogP contribution >= 0.6 is 0 Å². The van der Waals surface area contributed by atoms with Gasteiger partial charge < -0.3 is 4.74 Å². The maximum atomic E-state index is 11.8. The topological polar surface area (TPSA) is 26.3 Å². The van der Waals surface area contributed by atoms with E-state index in [1.54, 1.807) is 0 Å². The molecule has 0 radical (unpaired) electrons. The van der Waals surface area contributed by atoms with Crippen molar-refractivity contribution in [2.45, 2.75) is 58.5 Å². The predicted molar refractivity (Wildman–Crippen MR) is 61.6 cm³/mol. The molecule has 0 bridgehead atoms. The lowest BCUT2D eigenvalue weighted by Gasteiger charge is -2.24. The van der Waals surface area contributed by atoms with E-state index in [2.05, 4.69) is 12.2 Å². The van der Waals surface area contributed by atoms with E-state index in [-0.39, 0.29) is 17.5 Å². The number of ether oxygens (including phenoxy) is 1. The summed E-state index contributed by atoms with van der Waals surface area (Å²) in [6.07, 6.45) is 9.50. The Kier molecular flexibility index (Phi) is 4.37. The first-order valence-electron chi connectivity index (χ1n) is 5.87. The van der Waals surface area contributed by atoms with E-state index in [0.29, 0.717) is 0 Å². The Balaban J connectivity index is 2.47. The fourth-order valence-corrected chi connectivity index (χ4v) is 1.78. The molecule has 2 nitrogen and oxygen atoms in total. The van der Waals surface area contributed by atoms with Crippen LogP contribution < -0.4 is 0 Å². The van der Waals surface area contributed by atoms with Crippen LogP contribution in [-0.2, 0) is 9.53 Å². The predicted octanol–water partition coefficient (Wildman–Crippen LogP) is 3.46. The second kappa shape index (κ2) is 5.34. The van der Waals surface area contributed by atoms with Gasteiger partial charge in [-0.1, -0.05) is 12.2 Å². The van der Waals surface area contributed by atoms with E-state index in [1.807, 2.05) is 20.8 Å². The molecule has 0 aromatic carbocycles. The molecule has 0 aromatic heterocycles. The van der Waals surface area contributed by atoms with Gasteiger partial charge in [0.25, 0.3) is 0 Å². The summed E-state index contributed by atoms with van der Waals surface area (Å²) in [5.74, 6) is 0.0898. The molecule has 0 heterocycles. The first kappa shape index (κ1) is 12.3. The number of carbonyl (C=O) groups excluding carboxylic acids is 1. The molecule has 0 amide bonds. The minimum Gasteiger partial charge on any atom is -0.460 e. The summed E-state index contributed by atoms with van der Waals surface area (Å²) < 4.78 is 5.41. The normalized spacial score (nSPS) is 25.1. The molecule has 0 N–H and O–H groups in total. The van der Waals surface area contributed by atoms with Crippen LogP contribution in [0, 0.1) is 5.92 Å². The van der Waals surface area contributed by atoms with Crippen LogP contribution in [0.2, 0.25) is 0 Å². The van der Waals surface area contributed by atoms with Gasteiger partial charge in [-0.15, -0.1) is 0 Å². The van der Waals surface area contributed by atoms with E-state index in [4.69, 9.17) is 4.74 Å². The van der Waals surface area contributed by atoms with Crippen molar-refractivity contribution in [3.63, 3.8) is 0 Å². The van der Waals surface area contributed by atoms with Gasteiger partial charge in [0.1, 0.15) is 5.60 Å². The third-order valence-corrected chi connectivity index (χ3v) is 2.51. The number of hydrogen-bond donors (Lipinski definition) is 0. The zero-order chi connectivity index (χ0) is 11.3. The molecule has 2 heteroatoms. The number of esters is 1. The molecular formula is C13H22O2. The second-order valence-corrected chi connectivity index (χ2v) is 5.21. The molecule has 86 valence electrons. The quantitative estimate of drug-likeness (QED) is 0.489. The van der Waals surface area contributed by atoms with Crippen LogP contribution in [0.3, 0.4) is 0 Å². The third-order valence-electron chi connectivity index (χ3n) is 2.51. The minimum atomic E-state index is -0.352. The molecule has 1 atom stereocenters. The van der Waals surface area contributed by atoms with Gasteiger partial charge in [-0.2, -0.15) is 0 Å². The Labute approximate surface area is 92.7 Å². The molecule has 1 unspecified atom stereocenters. The highest BCUT2D eigenvalue weighted by atomic mass is 16.6. The smallest absolute Gasteiger partial charge is 0.309 e. The lowest BCUT2D eigenvalue weighted by molar-refractivity contribution is -0.160. The summed E-state index contributed by atoms with van der Waals surface area (Å²) in [7, 11) is 0. The van der Waals surface area contributed by atoms with Crippen molar-refractivity contribution in [3.8, 4) is 0 Å². The summed E-state index contributed by atoms with van der Waals surface area (Å²) in [4.78, 5) is 11.8. The van der Waals surface area contributed by atoms with Crippen LogP contribution in [-0.4, -0.2) is 11.6 Å². The fraction of sp³-hybridized carbons (Fsp3) is 0.769. The van der Waals surface area contributed by atoms with Gasteiger partial charge in [-0.3, -0.25) is 4.79 Å². The lowest BCUT2D eigenvalue weighted by Crippen LogP contribution is -2.29. The molecule has 1 aliphatic rings.